The minimum atomic E-state index is -0.398. The van der Waals surface area contributed by atoms with Crippen molar-refractivity contribution in [2.75, 3.05) is 6.61 Å². The minimum Gasteiger partial charge on any atom is -0.493 e. The second-order valence-corrected chi connectivity index (χ2v) is 4.30. The number of rotatable bonds is 5. The molecule has 1 unspecified atom stereocenters. The second-order valence-electron chi connectivity index (χ2n) is 4.30. The van der Waals surface area contributed by atoms with Crippen molar-refractivity contribution < 1.29 is 14.6 Å². The lowest BCUT2D eigenvalue weighted by atomic mass is 10.0. The van der Waals surface area contributed by atoms with Crippen LogP contribution in [0.25, 0.3) is 10.8 Å². The molecule has 0 radical (unpaired) electrons. The van der Waals surface area contributed by atoms with Gasteiger partial charge in [-0.15, -0.1) is 0 Å². The van der Waals surface area contributed by atoms with Crippen molar-refractivity contribution in [1.29, 1.82) is 0 Å². The molecule has 1 N–H and O–H groups in total. The smallest absolute Gasteiger partial charge is 0.154 e. The van der Waals surface area contributed by atoms with Crippen molar-refractivity contribution in [3.63, 3.8) is 0 Å². The molecule has 0 spiro atoms. The highest BCUT2D eigenvalue weighted by atomic mass is 16.5. The number of hydrogen-bond acceptors (Lipinski definition) is 3. The van der Waals surface area contributed by atoms with Crippen LogP contribution in [0, 0.1) is 0 Å². The van der Waals surface area contributed by atoms with Gasteiger partial charge in [0.25, 0.3) is 0 Å². The number of fused-ring (bicyclic) bond motifs is 1. The van der Waals surface area contributed by atoms with Gasteiger partial charge < -0.3 is 9.84 Å². The number of carbonyl (C=O) groups excluding carboxylic acids is 1. The normalized spacial score (nSPS) is 12.3. The van der Waals surface area contributed by atoms with Crippen LogP contribution in [0.5, 0.6) is 5.75 Å². The number of aliphatic hydroxyl groups is 1. The summed E-state index contributed by atoms with van der Waals surface area (Å²) in [4.78, 5) is 11.2. The first kappa shape index (κ1) is 12.6. The summed E-state index contributed by atoms with van der Waals surface area (Å²) >= 11 is 0. The van der Waals surface area contributed by atoms with Gasteiger partial charge in [-0.1, -0.05) is 30.3 Å². The van der Waals surface area contributed by atoms with Crippen LogP contribution in [-0.2, 0) is 0 Å². The van der Waals surface area contributed by atoms with E-state index in [2.05, 4.69) is 0 Å². The van der Waals surface area contributed by atoms with Crippen LogP contribution >= 0.6 is 0 Å². The van der Waals surface area contributed by atoms with Gasteiger partial charge in [0.05, 0.1) is 18.3 Å². The maximum Gasteiger partial charge on any atom is 0.154 e. The molecule has 2 rings (SSSR count). The van der Waals surface area contributed by atoms with Gasteiger partial charge in [0.15, 0.2) is 6.29 Å². The molecule has 94 valence electrons. The highest BCUT2D eigenvalue weighted by molar-refractivity contribution is 6.00. The molecule has 3 heteroatoms. The van der Waals surface area contributed by atoms with Crippen LogP contribution in [0.2, 0.25) is 0 Å². The Morgan fingerprint density at radius 2 is 2.06 bits per heavy atom. The number of hydrogen-bond donors (Lipinski definition) is 1. The fourth-order valence-electron chi connectivity index (χ4n) is 1.86. The van der Waals surface area contributed by atoms with E-state index in [4.69, 9.17) is 4.74 Å². The van der Waals surface area contributed by atoms with Crippen LogP contribution in [0.3, 0.4) is 0 Å². The van der Waals surface area contributed by atoms with E-state index in [1.807, 2.05) is 30.3 Å². The Balaban J connectivity index is 2.30. The minimum absolute atomic E-state index is 0.398. The zero-order valence-corrected chi connectivity index (χ0v) is 10.3. The van der Waals surface area contributed by atoms with Gasteiger partial charge in [-0.05, 0) is 23.8 Å². The van der Waals surface area contributed by atoms with Crippen molar-refractivity contribution in [3.05, 3.63) is 42.0 Å². The molecule has 0 aromatic heterocycles. The highest BCUT2D eigenvalue weighted by Gasteiger charge is 2.08. The van der Waals surface area contributed by atoms with Gasteiger partial charge in [-0.2, -0.15) is 0 Å². The van der Waals surface area contributed by atoms with Crippen LogP contribution in [0.1, 0.15) is 23.7 Å². The zero-order valence-electron chi connectivity index (χ0n) is 10.3. The first-order valence-corrected chi connectivity index (χ1v) is 6.00. The van der Waals surface area contributed by atoms with E-state index in [9.17, 15) is 9.90 Å². The van der Waals surface area contributed by atoms with E-state index in [1.165, 1.54) is 0 Å². The predicted octanol–water partition coefficient (Wildman–Crippen LogP) is 2.80. The van der Waals surface area contributed by atoms with Gasteiger partial charge >= 0.3 is 0 Å². The molecule has 2 aromatic rings. The number of aldehydes is 1. The molecule has 0 aliphatic carbocycles. The van der Waals surface area contributed by atoms with Gasteiger partial charge in [0.1, 0.15) is 5.75 Å². The molecule has 0 saturated carbocycles. The summed E-state index contributed by atoms with van der Waals surface area (Å²) in [5, 5.41) is 11.1. The Morgan fingerprint density at radius 3 is 2.78 bits per heavy atom. The molecule has 0 aliphatic heterocycles. The molecule has 1 atom stereocenters. The molecule has 0 heterocycles. The van der Waals surface area contributed by atoms with Crippen LogP contribution in [0.4, 0.5) is 0 Å². The highest BCUT2D eigenvalue weighted by Crippen LogP contribution is 2.26. The first-order valence-electron chi connectivity index (χ1n) is 6.00. The number of benzene rings is 2. The molecule has 18 heavy (non-hydrogen) atoms. The van der Waals surface area contributed by atoms with Crippen molar-refractivity contribution in [2.24, 2.45) is 0 Å². The van der Waals surface area contributed by atoms with Crippen molar-refractivity contribution >= 4 is 17.1 Å². The fraction of sp³-hybridized carbons (Fsp3) is 0.267. The summed E-state index contributed by atoms with van der Waals surface area (Å²) in [5.74, 6) is 0.573. The number of ether oxygens (including phenoxy) is 1. The SMILES string of the molecule is CC(O)CCOc1ccc2ccccc2c1C=O. The lowest BCUT2D eigenvalue weighted by Crippen LogP contribution is -2.08. The molecular formula is C15H16O3. The van der Waals surface area contributed by atoms with Crippen molar-refractivity contribution in [1.82, 2.24) is 0 Å². The Hall–Kier alpha value is -1.87. The van der Waals surface area contributed by atoms with Gasteiger partial charge in [0.2, 0.25) is 0 Å². The van der Waals surface area contributed by atoms with E-state index < -0.39 is 6.10 Å². The second kappa shape index (κ2) is 5.65. The van der Waals surface area contributed by atoms with E-state index in [0.717, 1.165) is 17.1 Å². The monoisotopic (exact) mass is 244 g/mol. The molecule has 2 aromatic carbocycles. The summed E-state index contributed by atoms with van der Waals surface area (Å²) in [6, 6.07) is 11.4. The Bertz CT molecular complexity index is 546. The maximum absolute atomic E-state index is 11.2. The topological polar surface area (TPSA) is 46.5 Å². The Morgan fingerprint density at radius 1 is 1.28 bits per heavy atom. The summed E-state index contributed by atoms with van der Waals surface area (Å²) in [5.41, 5.74) is 0.568. The third kappa shape index (κ3) is 2.68. The fourth-order valence-corrected chi connectivity index (χ4v) is 1.86. The van der Waals surface area contributed by atoms with Crippen molar-refractivity contribution in [2.45, 2.75) is 19.4 Å². The van der Waals surface area contributed by atoms with Crippen molar-refractivity contribution in [3.8, 4) is 5.75 Å². The van der Waals surface area contributed by atoms with Gasteiger partial charge in [-0.3, -0.25) is 4.79 Å². The van der Waals surface area contributed by atoms with E-state index >= 15 is 0 Å². The van der Waals surface area contributed by atoms with E-state index in [1.54, 1.807) is 13.0 Å². The van der Waals surface area contributed by atoms with Crippen LogP contribution < -0.4 is 4.74 Å². The Kier molecular flexibility index (Phi) is 3.95. The molecular weight excluding hydrogens is 228 g/mol. The molecule has 0 saturated heterocycles. The molecule has 0 fully saturated rings. The average Bonchev–Trinajstić information content (AvgIpc) is 2.38. The number of aliphatic hydroxyl groups excluding tert-OH is 1. The average molecular weight is 244 g/mol. The van der Waals surface area contributed by atoms with Crippen LogP contribution in [0.15, 0.2) is 36.4 Å². The Labute approximate surface area is 106 Å². The van der Waals surface area contributed by atoms with E-state index in [-0.39, 0.29) is 0 Å². The maximum atomic E-state index is 11.2. The third-order valence-electron chi connectivity index (χ3n) is 2.84. The molecule has 0 bridgehead atoms. The molecule has 3 nitrogen and oxygen atoms in total. The lowest BCUT2D eigenvalue weighted by Gasteiger charge is -2.11. The lowest BCUT2D eigenvalue weighted by molar-refractivity contribution is 0.111. The summed E-state index contributed by atoms with van der Waals surface area (Å²) in [6.07, 6.45) is 0.968. The summed E-state index contributed by atoms with van der Waals surface area (Å²) in [7, 11) is 0. The standard InChI is InChI=1S/C15H16O3/c1-11(17)8-9-18-15-7-6-12-4-2-3-5-13(12)14(15)10-16/h2-7,10-11,17H,8-9H2,1H3. The molecule has 0 amide bonds. The predicted molar refractivity (Wildman–Crippen MR) is 71.1 cm³/mol. The summed E-state index contributed by atoms with van der Waals surface area (Å²) in [6.45, 7) is 2.11. The van der Waals surface area contributed by atoms with Gasteiger partial charge in [0, 0.05) is 6.42 Å². The number of carbonyl (C=O) groups is 1. The zero-order chi connectivity index (χ0) is 13.0. The van der Waals surface area contributed by atoms with Gasteiger partial charge in [-0.25, -0.2) is 0 Å². The first-order chi connectivity index (χ1) is 8.72. The quantitative estimate of drug-likeness (QED) is 0.823. The largest absolute Gasteiger partial charge is 0.493 e. The van der Waals surface area contributed by atoms with E-state index in [0.29, 0.717) is 24.3 Å². The molecule has 0 aliphatic rings. The van der Waals surface area contributed by atoms with Crippen LogP contribution in [-0.4, -0.2) is 24.1 Å². The third-order valence-corrected chi connectivity index (χ3v) is 2.84. The summed E-state index contributed by atoms with van der Waals surface area (Å²) < 4.78 is 5.56.